The zero-order valence-corrected chi connectivity index (χ0v) is 12.5. The van der Waals surface area contributed by atoms with Crippen LogP contribution in [-0.2, 0) is 13.0 Å². The van der Waals surface area contributed by atoms with E-state index in [2.05, 4.69) is 23.5 Å². The van der Waals surface area contributed by atoms with Crippen LogP contribution in [0, 0.1) is 0 Å². The van der Waals surface area contributed by atoms with Crippen molar-refractivity contribution in [1.29, 1.82) is 0 Å². The molecule has 0 unspecified atom stereocenters. The number of hydrogen-bond acceptors (Lipinski definition) is 2. The molecule has 2 nitrogen and oxygen atoms in total. The Bertz CT molecular complexity index is 542. The molecule has 0 atom stereocenters. The molecule has 0 aromatic heterocycles. The van der Waals surface area contributed by atoms with E-state index in [1.54, 1.807) is 0 Å². The molecule has 0 saturated heterocycles. The van der Waals surface area contributed by atoms with Crippen molar-refractivity contribution in [3.8, 4) is 5.75 Å². The lowest BCUT2D eigenvalue weighted by Gasteiger charge is -2.08. The van der Waals surface area contributed by atoms with Gasteiger partial charge in [-0.3, -0.25) is 0 Å². The van der Waals surface area contributed by atoms with E-state index in [4.69, 9.17) is 16.3 Å². The molecule has 0 spiro atoms. The van der Waals surface area contributed by atoms with Gasteiger partial charge in [-0.25, -0.2) is 0 Å². The fourth-order valence-corrected chi connectivity index (χ4v) is 2.28. The minimum atomic E-state index is 0.700. The van der Waals surface area contributed by atoms with Gasteiger partial charge in [-0.1, -0.05) is 35.9 Å². The highest BCUT2D eigenvalue weighted by Gasteiger charge is 1.97. The SMILES string of the molecule is CCOc1cccc(CNCCc2cccc(Cl)c2)c1. The van der Waals surface area contributed by atoms with E-state index in [0.29, 0.717) is 6.61 Å². The predicted molar refractivity (Wildman–Crippen MR) is 84.5 cm³/mol. The summed E-state index contributed by atoms with van der Waals surface area (Å²) in [5.74, 6) is 0.932. The Kier molecular flexibility index (Phi) is 5.90. The smallest absolute Gasteiger partial charge is 0.119 e. The first-order chi connectivity index (χ1) is 9.78. The number of benzene rings is 2. The van der Waals surface area contributed by atoms with E-state index in [9.17, 15) is 0 Å². The number of hydrogen-bond donors (Lipinski definition) is 1. The van der Waals surface area contributed by atoms with Crippen molar-refractivity contribution >= 4 is 11.6 Å². The largest absolute Gasteiger partial charge is 0.494 e. The fourth-order valence-electron chi connectivity index (χ4n) is 2.07. The molecule has 2 aromatic carbocycles. The summed E-state index contributed by atoms with van der Waals surface area (Å²) in [4.78, 5) is 0. The lowest BCUT2D eigenvalue weighted by Crippen LogP contribution is -2.16. The van der Waals surface area contributed by atoms with Crippen LogP contribution in [0.15, 0.2) is 48.5 Å². The molecule has 20 heavy (non-hydrogen) atoms. The van der Waals surface area contributed by atoms with Crippen LogP contribution in [0.3, 0.4) is 0 Å². The average Bonchev–Trinajstić information content (AvgIpc) is 2.45. The van der Waals surface area contributed by atoms with Gasteiger partial charge in [0.25, 0.3) is 0 Å². The number of halogens is 1. The molecule has 2 rings (SSSR count). The lowest BCUT2D eigenvalue weighted by molar-refractivity contribution is 0.340. The van der Waals surface area contributed by atoms with Gasteiger partial charge in [-0.05, 0) is 55.3 Å². The Labute approximate surface area is 125 Å². The molecule has 0 aliphatic rings. The third-order valence-corrected chi connectivity index (χ3v) is 3.25. The summed E-state index contributed by atoms with van der Waals surface area (Å²) in [6.45, 7) is 4.47. The summed E-state index contributed by atoms with van der Waals surface area (Å²) in [6, 6.07) is 16.2. The molecule has 3 heteroatoms. The van der Waals surface area contributed by atoms with E-state index < -0.39 is 0 Å². The molecular weight excluding hydrogens is 270 g/mol. The van der Waals surface area contributed by atoms with Crippen molar-refractivity contribution in [3.05, 3.63) is 64.7 Å². The molecule has 0 saturated carbocycles. The molecule has 0 aliphatic heterocycles. The Balaban J connectivity index is 1.77. The Hall–Kier alpha value is -1.51. The number of nitrogens with one attached hydrogen (secondary N) is 1. The third kappa shape index (κ3) is 4.87. The van der Waals surface area contributed by atoms with Crippen molar-refractivity contribution < 1.29 is 4.74 Å². The average molecular weight is 290 g/mol. The van der Waals surface area contributed by atoms with E-state index in [-0.39, 0.29) is 0 Å². The van der Waals surface area contributed by atoms with Crippen molar-refractivity contribution in [1.82, 2.24) is 5.32 Å². The summed E-state index contributed by atoms with van der Waals surface area (Å²) < 4.78 is 5.49. The Morgan fingerprint density at radius 3 is 2.65 bits per heavy atom. The second kappa shape index (κ2) is 7.93. The highest BCUT2D eigenvalue weighted by Crippen LogP contribution is 2.13. The van der Waals surface area contributed by atoms with Crippen molar-refractivity contribution in [2.24, 2.45) is 0 Å². The minimum absolute atomic E-state index is 0.700. The monoisotopic (exact) mass is 289 g/mol. The van der Waals surface area contributed by atoms with E-state index >= 15 is 0 Å². The zero-order chi connectivity index (χ0) is 14.2. The van der Waals surface area contributed by atoms with Gasteiger partial charge in [-0.2, -0.15) is 0 Å². The van der Waals surface area contributed by atoms with Gasteiger partial charge >= 0.3 is 0 Å². The summed E-state index contributed by atoms with van der Waals surface area (Å²) >= 11 is 5.97. The van der Waals surface area contributed by atoms with Crippen LogP contribution < -0.4 is 10.1 Å². The Morgan fingerprint density at radius 2 is 1.85 bits per heavy atom. The molecule has 0 radical (unpaired) electrons. The van der Waals surface area contributed by atoms with E-state index in [0.717, 1.165) is 30.3 Å². The van der Waals surface area contributed by atoms with Crippen LogP contribution in [0.25, 0.3) is 0 Å². The van der Waals surface area contributed by atoms with Crippen LogP contribution in [-0.4, -0.2) is 13.2 Å². The molecule has 2 aromatic rings. The van der Waals surface area contributed by atoms with E-state index in [1.165, 1.54) is 11.1 Å². The Morgan fingerprint density at radius 1 is 1.05 bits per heavy atom. The molecule has 106 valence electrons. The van der Waals surface area contributed by atoms with Crippen LogP contribution in [0.5, 0.6) is 5.75 Å². The first kappa shape index (κ1) is 14.9. The number of ether oxygens (including phenoxy) is 1. The maximum absolute atomic E-state index is 5.97. The maximum Gasteiger partial charge on any atom is 0.119 e. The van der Waals surface area contributed by atoms with Gasteiger partial charge < -0.3 is 10.1 Å². The van der Waals surface area contributed by atoms with Gasteiger partial charge in [0.15, 0.2) is 0 Å². The zero-order valence-electron chi connectivity index (χ0n) is 11.7. The summed E-state index contributed by atoms with van der Waals surface area (Å²) in [5, 5.41) is 4.24. The van der Waals surface area contributed by atoms with Crippen LogP contribution in [0.4, 0.5) is 0 Å². The first-order valence-corrected chi connectivity index (χ1v) is 7.32. The summed E-state index contributed by atoms with van der Waals surface area (Å²) in [7, 11) is 0. The first-order valence-electron chi connectivity index (χ1n) is 6.95. The molecule has 0 amide bonds. The van der Waals surface area contributed by atoms with Crippen molar-refractivity contribution in [2.75, 3.05) is 13.2 Å². The van der Waals surface area contributed by atoms with Gasteiger partial charge in [0.2, 0.25) is 0 Å². The fraction of sp³-hybridized carbons (Fsp3) is 0.294. The highest BCUT2D eigenvalue weighted by molar-refractivity contribution is 6.30. The molecule has 1 N–H and O–H groups in total. The molecule has 0 bridgehead atoms. The lowest BCUT2D eigenvalue weighted by atomic mass is 10.1. The molecule has 0 fully saturated rings. The topological polar surface area (TPSA) is 21.3 Å². The molecular formula is C17H20ClNO. The normalized spacial score (nSPS) is 10.5. The molecule has 0 heterocycles. The standard InChI is InChI=1S/C17H20ClNO/c1-2-20-17-8-4-6-15(12-17)13-19-10-9-14-5-3-7-16(18)11-14/h3-8,11-12,19H,2,9-10,13H2,1H3. The van der Waals surface area contributed by atoms with Gasteiger partial charge in [-0.15, -0.1) is 0 Å². The van der Waals surface area contributed by atoms with Crippen LogP contribution in [0.2, 0.25) is 5.02 Å². The quantitative estimate of drug-likeness (QED) is 0.776. The molecule has 0 aliphatic carbocycles. The van der Waals surface area contributed by atoms with E-state index in [1.807, 2.05) is 37.3 Å². The third-order valence-electron chi connectivity index (χ3n) is 3.02. The minimum Gasteiger partial charge on any atom is -0.494 e. The van der Waals surface area contributed by atoms with Crippen LogP contribution >= 0.6 is 11.6 Å². The maximum atomic E-state index is 5.97. The van der Waals surface area contributed by atoms with Crippen molar-refractivity contribution in [3.63, 3.8) is 0 Å². The number of rotatable bonds is 7. The second-order valence-electron chi connectivity index (χ2n) is 4.64. The second-order valence-corrected chi connectivity index (χ2v) is 5.07. The van der Waals surface area contributed by atoms with Crippen molar-refractivity contribution in [2.45, 2.75) is 19.9 Å². The van der Waals surface area contributed by atoms with Gasteiger partial charge in [0.1, 0.15) is 5.75 Å². The summed E-state index contributed by atoms with van der Waals surface area (Å²) in [6.07, 6.45) is 0.978. The summed E-state index contributed by atoms with van der Waals surface area (Å²) in [5.41, 5.74) is 2.50. The predicted octanol–water partition coefficient (Wildman–Crippen LogP) is 4.07. The van der Waals surface area contributed by atoms with Crippen LogP contribution in [0.1, 0.15) is 18.1 Å². The van der Waals surface area contributed by atoms with Gasteiger partial charge in [0.05, 0.1) is 6.61 Å². The van der Waals surface area contributed by atoms with Gasteiger partial charge in [0, 0.05) is 11.6 Å². The highest BCUT2D eigenvalue weighted by atomic mass is 35.5.